The first kappa shape index (κ1) is 11.1. The summed E-state index contributed by atoms with van der Waals surface area (Å²) in [7, 11) is 0. The highest BCUT2D eigenvalue weighted by atomic mass is 127. The molecule has 0 aromatic rings. The van der Waals surface area contributed by atoms with Gasteiger partial charge in [0.05, 0.1) is 6.42 Å². The summed E-state index contributed by atoms with van der Waals surface area (Å²) in [5, 5.41) is 25.3. The third-order valence-electron chi connectivity index (χ3n) is 0.438. The van der Waals surface area contributed by atoms with Gasteiger partial charge in [-0.25, -0.2) is 0 Å². The Morgan fingerprint density at radius 1 is 1.00 bits per heavy atom. The van der Waals surface area contributed by atoms with Crippen molar-refractivity contribution in [1.82, 2.24) is 0 Å². The van der Waals surface area contributed by atoms with Gasteiger partial charge in [0, 0.05) is 0 Å². The summed E-state index contributed by atoms with van der Waals surface area (Å²) in [5.41, 5.74) is 0. The van der Waals surface area contributed by atoms with Crippen LogP contribution >= 0.6 is 67.8 Å². The predicted molar refractivity (Wildman–Crippen MR) is 58.8 cm³/mol. The first-order chi connectivity index (χ1) is 3.71. The van der Waals surface area contributed by atoms with E-state index in [1.807, 2.05) is 67.8 Å². The lowest BCUT2D eigenvalue weighted by atomic mass is 10.4. The smallest absolute Gasteiger partial charge is 0.278 e. The van der Waals surface area contributed by atoms with Gasteiger partial charge in [-0.1, -0.05) is 67.8 Å². The Hall–Kier alpha value is 2.07. The van der Waals surface area contributed by atoms with Gasteiger partial charge in [-0.2, -0.15) is 0 Å². The maximum atomic E-state index is 8.45. The molecule has 6 heteroatoms. The van der Waals surface area contributed by atoms with Gasteiger partial charge in [0.1, 0.15) is -0.565 Å². The zero-order valence-corrected chi connectivity index (χ0v) is 10.7. The molecule has 9 heavy (non-hydrogen) atoms. The van der Waals surface area contributed by atoms with Crippen molar-refractivity contribution in [3.63, 3.8) is 0 Å². The van der Waals surface area contributed by atoms with Crippen molar-refractivity contribution in [3.05, 3.63) is 0 Å². The molecule has 0 spiro atoms. The van der Waals surface area contributed by atoms with E-state index in [4.69, 9.17) is 15.3 Å². The summed E-state index contributed by atoms with van der Waals surface area (Å²) >= 11 is 5.99. The summed E-state index contributed by atoms with van der Waals surface area (Å²) in [5.74, 6) is -2.54. The molecule has 0 unspecified atom stereocenters. The van der Waals surface area contributed by atoms with Gasteiger partial charge in [-0.15, -0.1) is 0 Å². The Kier molecular flexibility index (Phi) is 4.49. The second-order valence-corrected chi connectivity index (χ2v) is 13.3. The topological polar surface area (TPSA) is 60.7 Å². The summed E-state index contributed by atoms with van der Waals surface area (Å²) in [6, 6.07) is 0. The number of hydrogen-bond donors (Lipinski definition) is 3. The van der Waals surface area contributed by atoms with E-state index in [0.29, 0.717) is 0 Å². The van der Waals surface area contributed by atoms with Crippen LogP contribution in [0.15, 0.2) is 0 Å². The lowest BCUT2D eigenvalue weighted by Gasteiger charge is -2.19. The second kappa shape index (κ2) is 3.65. The molecule has 0 aromatic carbocycles. The number of aliphatic hydroxyl groups is 3. The van der Waals surface area contributed by atoms with Crippen LogP contribution in [0.1, 0.15) is 6.42 Å². The molecule has 3 nitrogen and oxygen atoms in total. The van der Waals surface area contributed by atoms with Gasteiger partial charge >= 0.3 is 0 Å². The van der Waals surface area contributed by atoms with E-state index in [2.05, 4.69) is 0 Å². The van der Waals surface area contributed by atoms with E-state index >= 15 is 0 Å². The first-order valence-electron chi connectivity index (χ1n) is 1.94. The molecular weight excluding hydrogens is 465 g/mol. The molecule has 0 rings (SSSR count). The minimum atomic E-state index is -2.54. The molecule has 3 N–H and O–H groups in total. The molecule has 0 heterocycles. The van der Waals surface area contributed by atoms with Gasteiger partial charge in [0.2, 0.25) is 0 Å². The highest BCUT2D eigenvalue weighted by Gasteiger charge is 2.31. The minimum Gasteiger partial charge on any atom is -0.344 e. The van der Waals surface area contributed by atoms with Gasteiger partial charge in [0.25, 0.3) is 5.97 Å². The molecule has 0 saturated carbocycles. The van der Waals surface area contributed by atoms with Crippen molar-refractivity contribution in [3.8, 4) is 0 Å². The second-order valence-electron chi connectivity index (χ2n) is 1.57. The van der Waals surface area contributed by atoms with E-state index < -0.39 is 5.97 Å². The van der Waals surface area contributed by atoms with Crippen molar-refractivity contribution in [2.45, 2.75) is 11.8 Å². The zero-order valence-electron chi connectivity index (χ0n) is 4.18. The third kappa shape index (κ3) is 10.1. The van der Waals surface area contributed by atoms with E-state index in [-0.39, 0.29) is 5.86 Å². The lowest BCUT2D eigenvalue weighted by molar-refractivity contribution is -0.311. The fourth-order valence-corrected chi connectivity index (χ4v) is 1.80. The quantitative estimate of drug-likeness (QED) is 0.321. The maximum Gasteiger partial charge on any atom is 0.278 e. The molecule has 0 fully saturated rings. The van der Waals surface area contributed by atoms with Gasteiger partial charge < -0.3 is 15.3 Å². The van der Waals surface area contributed by atoms with Crippen LogP contribution in [0.4, 0.5) is 0 Å². The molecule has 0 aliphatic rings. The largest absolute Gasteiger partial charge is 0.344 e. The molecule has 0 bridgehead atoms. The summed E-state index contributed by atoms with van der Waals surface area (Å²) in [4.78, 5) is 0. The van der Waals surface area contributed by atoms with Gasteiger partial charge in [-0.3, -0.25) is 0 Å². The molecular formula is C3H5I3O3. The number of halogens is 3. The Bertz CT molecular complexity index is 79.5. The summed E-state index contributed by atoms with van der Waals surface area (Å²) in [6.07, 6.45) is -0.0817. The van der Waals surface area contributed by atoms with E-state index in [0.717, 1.165) is 0 Å². The van der Waals surface area contributed by atoms with Crippen LogP contribution in [-0.2, 0) is 0 Å². The number of alkyl halides is 3. The molecule has 0 aromatic heterocycles. The van der Waals surface area contributed by atoms with Crippen molar-refractivity contribution in [2.75, 3.05) is 0 Å². The van der Waals surface area contributed by atoms with E-state index in [1.54, 1.807) is 0 Å². The predicted octanol–water partition coefficient (Wildman–Crippen LogP) is 0.966. The highest BCUT2D eigenvalue weighted by molar-refractivity contribution is 14.3. The average molecular weight is 470 g/mol. The van der Waals surface area contributed by atoms with Crippen LogP contribution in [0.2, 0.25) is 0 Å². The SMILES string of the molecule is OC(O)(O)CC(I)(I)I. The molecule has 0 aliphatic carbocycles. The molecule has 0 saturated heterocycles. The molecule has 0 amide bonds. The fourth-order valence-electron chi connectivity index (χ4n) is 0.269. The van der Waals surface area contributed by atoms with Crippen LogP contribution in [-0.4, -0.2) is 20.7 Å². The Labute approximate surface area is 93.6 Å². The van der Waals surface area contributed by atoms with Crippen LogP contribution in [0.5, 0.6) is 0 Å². The summed E-state index contributed by atoms with van der Waals surface area (Å²) in [6.45, 7) is 0. The zero-order chi connectivity index (χ0) is 7.71. The summed E-state index contributed by atoms with van der Waals surface area (Å²) < 4.78 is -0.356. The van der Waals surface area contributed by atoms with Crippen molar-refractivity contribution < 1.29 is 15.3 Å². The lowest BCUT2D eigenvalue weighted by Crippen LogP contribution is -2.31. The van der Waals surface area contributed by atoms with Crippen LogP contribution in [0.25, 0.3) is 0 Å². The van der Waals surface area contributed by atoms with E-state index in [1.165, 1.54) is 0 Å². The Balaban J connectivity index is 3.75. The monoisotopic (exact) mass is 470 g/mol. The maximum absolute atomic E-state index is 8.45. The van der Waals surface area contributed by atoms with Crippen molar-refractivity contribution >= 4 is 67.8 Å². The van der Waals surface area contributed by atoms with Crippen LogP contribution < -0.4 is 0 Å². The van der Waals surface area contributed by atoms with Crippen molar-refractivity contribution in [2.24, 2.45) is 0 Å². The normalized spacial score (nSPS) is 14.0. The van der Waals surface area contributed by atoms with Crippen LogP contribution in [0, 0.1) is 0 Å². The van der Waals surface area contributed by atoms with Gasteiger partial charge in [-0.05, 0) is 0 Å². The highest BCUT2D eigenvalue weighted by Crippen LogP contribution is 2.41. The molecule has 0 aliphatic heterocycles. The van der Waals surface area contributed by atoms with Crippen LogP contribution in [0.3, 0.4) is 0 Å². The Morgan fingerprint density at radius 3 is 1.33 bits per heavy atom. The minimum absolute atomic E-state index is 0.0817. The Morgan fingerprint density at radius 2 is 1.33 bits per heavy atom. The van der Waals surface area contributed by atoms with Crippen molar-refractivity contribution in [1.29, 1.82) is 0 Å². The average Bonchev–Trinajstić information content (AvgIpc) is 1.14. The first-order valence-corrected chi connectivity index (χ1v) is 5.18. The van der Waals surface area contributed by atoms with E-state index in [9.17, 15) is 0 Å². The standard InChI is InChI=1S/C3H5I3O3/c4-2(5,6)1-3(7,8)9/h7-9H,1H2. The number of rotatable bonds is 2. The third-order valence-corrected chi connectivity index (χ3v) is 1.58. The molecule has 0 atom stereocenters. The molecule has 0 radical (unpaired) electrons. The fraction of sp³-hybridized carbons (Fsp3) is 1.00. The van der Waals surface area contributed by atoms with Gasteiger partial charge in [0.15, 0.2) is 0 Å². The number of hydrogen-bond acceptors (Lipinski definition) is 3. The molecule has 56 valence electrons.